The molecular formula is C24H42BrN3O. The molecule has 0 N–H and O–H groups in total. The van der Waals surface area contributed by atoms with Crippen molar-refractivity contribution in [1.29, 1.82) is 0 Å². The maximum atomic E-state index is 12.6. The average Bonchev–Trinajstić information content (AvgIpc) is 2.66. The van der Waals surface area contributed by atoms with Crippen molar-refractivity contribution < 1.29 is 0 Å². The fourth-order valence-corrected chi connectivity index (χ4v) is 5.87. The second kappa shape index (κ2) is 12.9. The Morgan fingerprint density at radius 2 is 1.66 bits per heavy atom. The van der Waals surface area contributed by atoms with Crippen LogP contribution in [0, 0.1) is 13.8 Å². The van der Waals surface area contributed by atoms with Crippen LogP contribution in [0.1, 0.15) is 102 Å². The Kier molecular flexibility index (Phi) is 10.9. The van der Waals surface area contributed by atoms with E-state index >= 15 is 0 Å². The standard InChI is InChI=1S/C24H42BrN3O/c1-5-7-9-11-15-27(16-12-10-8-6-2)23-14-13-21(18-22(23)25)28-20(4)26-19(3)17-24(28)29/h17,21-23H,5-16,18H2,1-4H3. The predicted octanol–water partition coefficient (Wildman–Crippen LogP) is 6.18. The summed E-state index contributed by atoms with van der Waals surface area (Å²) in [6, 6.07) is 2.53. The van der Waals surface area contributed by atoms with Gasteiger partial charge in [-0.15, -0.1) is 0 Å². The van der Waals surface area contributed by atoms with Gasteiger partial charge in [0.1, 0.15) is 5.82 Å². The molecule has 0 aliphatic heterocycles. The number of hydrogen-bond donors (Lipinski definition) is 0. The minimum Gasteiger partial charge on any atom is -0.299 e. The molecule has 1 aliphatic carbocycles. The van der Waals surface area contributed by atoms with Crippen molar-refractivity contribution in [1.82, 2.24) is 14.5 Å². The Morgan fingerprint density at radius 3 is 2.17 bits per heavy atom. The highest BCUT2D eigenvalue weighted by molar-refractivity contribution is 9.09. The van der Waals surface area contributed by atoms with Crippen molar-refractivity contribution in [2.24, 2.45) is 0 Å². The molecule has 0 amide bonds. The van der Waals surface area contributed by atoms with Gasteiger partial charge in [0.2, 0.25) is 0 Å². The molecule has 4 nitrogen and oxygen atoms in total. The van der Waals surface area contributed by atoms with Gasteiger partial charge in [-0.25, -0.2) is 4.98 Å². The van der Waals surface area contributed by atoms with Crippen molar-refractivity contribution in [3.05, 3.63) is 27.9 Å². The van der Waals surface area contributed by atoms with Gasteiger partial charge in [-0.05, 0) is 59.0 Å². The van der Waals surface area contributed by atoms with Crippen LogP contribution in [0.4, 0.5) is 0 Å². The second-order valence-electron chi connectivity index (χ2n) is 8.86. The minimum absolute atomic E-state index is 0.106. The van der Waals surface area contributed by atoms with Crippen molar-refractivity contribution in [3.63, 3.8) is 0 Å². The Hall–Kier alpha value is -0.680. The van der Waals surface area contributed by atoms with Gasteiger partial charge in [0, 0.05) is 28.7 Å². The van der Waals surface area contributed by atoms with Crippen molar-refractivity contribution in [2.75, 3.05) is 13.1 Å². The van der Waals surface area contributed by atoms with Gasteiger partial charge in [0.05, 0.1) is 0 Å². The smallest absolute Gasteiger partial charge is 0.253 e. The first-order valence-electron chi connectivity index (χ1n) is 11.9. The van der Waals surface area contributed by atoms with E-state index in [0.717, 1.165) is 30.8 Å². The maximum Gasteiger partial charge on any atom is 0.253 e. The highest BCUT2D eigenvalue weighted by Gasteiger charge is 2.34. The largest absolute Gasteiger partial charge is 0.299 e. The molecule has 0 spiro atoms. The third-order valence-electron chi connectivity index (χ3n) is 6.40. The SMILES string of the molecule is CCCCCCN(CCCCCC)C1CCC(n2c(C)nc(C)cc2=O)CC1Br. The summed E-state index contributed by atoms with van der Waals surface area (Å²) in [4.78, 5) is 20.3. The molecule has 3 atom stereocenters. The first-order chi connectivity index (χ1) is 14.0. The number of halogens is 1. The lowest BCUT2D eigenvalue weighted by Gasteiger charge is -2.41. The molecule has 166 valence electrons. The van der Waals surface area contributed by atoms with E-state index in [1.54, 1.807) is 6.07 Å². The van der Waals surface area contributed by atoms with Crippen LogP contribution in [0.25, 0.3) is 0 Å². The number of aryl methyl sites for hydroxylation is 2. The summed E-state index contributed by atoms with van der Waals surface area (Å²) < 4.78 is 1.93. The molecule has 1 aromatic rings. The number of aromatic nitrogens is 2. The molecule has 1 aromatic heterocycles. The molecule has 3 unspecified atom stereocenters. The van der Waals surface area contributed by atoms with Crippen LogP contribution in [-0.4, -0.2) is 38.4 Å². The quantitative estimate of drug-likeness (QED) is 0.272. The Bertz CT molecular complexity index is 648. The van der Waals surface area contributed by atoms with Gasteiger partial charge in [-0.1, -0.05) is 68.3 Å². The van der Waals surface area contributed by atoms with Gasteiger partial charge < -0.3 is 0 Å². The third kappa shape index (κ3) is 7.50. The van der Waals surface area contributed by atoms with E-state index in [1.807, 2.05) is 18.4 Å². The molecule has 2 rings (SSSR count). The molecule has 29 heavy (non-hydrogen) atoms. The molecule has 0 radical (unpaired) electrons. The summed E-state index contributed by atoms with van der Waals surface area (Å²) in [7, 11) is 0. The first kappa shape index (κ1) is 24.6. The number of hydrogen-bond acceptors (Lipinski definition) is 3. The topological polar surface area (TPSA) is 38.1 Å². The molecule has 0 saturated heterocycles. The molecule has 0 bridgehead atoms. The van der Waals surface area contributed by atoms with Crippen molar-refractivity contribution in [2.45, 2.75) is 115 Å². The van der Waals surface area contributed by atoms with Crippen LogP contribution in [0.15, 0.2) is 10.9 Å². The van der Waals surface area contributed by atoms with Gasteiger partial charge in [0.25, 0.3) is 5.56 Å². The maximum absolute atomic E-state index is 12.6. The highest BCUT2D eigenvalue weighted by Crippen LogP contribution is 2.35. The Balaban J connectivity index is 2.01. The first-order valence-corrected chi connectivity index (χ1v) is 12.8. The predicted molar refractivity (Wildman–Crippen MR) is 127 cm³/mol. The Morgan fingerprint density at radius 1 is 1.03 bits per heavy atom. The average molecular weight is 469 g/mol. The van der Waals surface area contributed by atoms with E-state index in [1.165, 1.54) is 64.5 Å². The van der Waals surface area contributed by atoms with E-state index in [4.69, 9.17) is 0 Å². The van der Waals surface area contributed by atoms with Crippen LogP contribution in [0.5, 0.6) is 0 Å². The van der Waals surface area contributed by atoms with E-state index in [2.05, 4.69) is 39.7 Å². The Labute approximate surface area is 186 Å². The molecule has 5 heteroatoms. The normalized spacial score (nSPS) is 22.3. The van der Waals surface area contributed by atoms with Crippen molar-refractivity contribution in [3.8, 4) is 0 Å². The van der Waals surface area contributed by atoms with Gasteiger partial charge in [-0.2, -0.15) is 0 Å². The third-order valence-corrected chi connectivity index (χ3v) is 7.38. The monoisotopic (exact) mass is 467 g/mol. The van der Waals surface area contributed by atoms with Gasteiger partial charge in [-0.3, -0.25) is 14.3 Å². The zero-order valence-electron chi connectivity index (χ0n) is 19.1. The number of alkyl halides is 1. The second-order valence-corrected chi connectivity index (χ2v) is 10.0. The zero-order valence-corrected chi connectivity index (χ0v) is 20.7. The summed E-state index contributed by atoms with van der Waals surface area (Å²) in [5.74, 6) is 0.856. The molecular weight excluding hydrogens is 426 g/mol. The van der Waals surface area contributed by atoms with Crippen LogP contribution in [0.2, 0.25) is 0 Å². The fraction of sp³-hybridized carbons (Fsp3) is 0.833. The fourth-order valence-electron chi connectivity index (χ4n) is 4.84. The molecule has 1 heterocycles. The summed E-state index contributed by atoms with van der Waals surface area (Å²) >= 11 is 4.02. The lowest BCUT2D eigenvalue weighted by atomic mass is 9.89. The number of nitrogens with zero attached hydrogens (tertiary/aromatic N) is 3. The molecule has 1 fully saturated rings. The highest BCUT2D eigenvalue weighted by atomic mass is 79.9. The summed E-state index contributed by atoms with van der Waals surface area (Å²) in [6.45, 7) is 10.9. The zero-order chi connectivity index (χ0) is 21.2. The lowest BCUT2D eigenvalue weighted by molar-refractivity contribution is 0.138. The van der Waals surface area contributed by atoms with E-state index in [9.17, 15) is 4.79 Å². The van der Waals surface area contributed by atoms with E-state index < -0.39 is 0 Å². The van der Waals surface area contributed by atoms with Crippen LogP contribution < -0.4 is 5.56 Å². The molecule has 0 aromatic carbocycles. The number of unbranched alkanes of at least 4 members (excludes halogenated alkanes) is 6. The van der Waals surface area contributed by atoms with Crippen LogP contribution in [-0.2, 0) is 0 Å². The summed E-state index contributed by atoms with van der Waals surface area (Å²) in [5.41, 5.74) is 0.923. The van der Waals surface area contributed by atoms with Gasteiger partial charge >= 0.3 is 0 Å². The minimum atomic E-state index is 0.106. The molecule has 1 aliphatic rings. The summed E-state index contributed by atoms with van der Waals surface area (Å²) in [6.07, 6.45) is 13.8. The lowest BCUT2D eigenvalue weighted by Crippen LogP contribution is -2.47. The van der Waals surface area contributed by atoms with E-state index in [0.29, 0.717) is 10.9 Å². The summed E-state index contributed by atoms with van der Waals surface area (Å²) in [5, 5.41) is 0. The van der Waals surface area contributed by atoms with Crippen LogP contribution in [0.3, 0.4) is 0 Å². The molecule has 1 saturated carbocycles. The van der Waals surface area contributed by atoms with E-state index in [-0.39, 0.29) is 11.6 Å². The van der Waals surface area contributed by atoms with Gasteiger partial charge in [0.15, 0.2) is 0 Å². The van der Waals surface area contributed by atoms with Crippen LogP contribution >= 0.6 is 15.9 Å². The number of rotatable bonds is 12. The van der Waals surface area contributed by atoms with Crippen molar-refractivity contribution >= 4 is 15.9 Å².